The number of nitrogens with one attached hydrogen (secondary N) is 1. The number of carboxylic acid groups (broad SMARTS) is 1. The molecule has 2 aromatic carbocycles. The van der Waals surface area contributed by atoms with E-state index in [1.165, 1.54) is 23.7 Å². The average Bonchev–Trinajstić information content (AvgIpc) is 3.21. The smallest absolute Gasteiger partial charge is 0.405 e. The SMILES string of the molecule is Cn1nnc(-c2c(F)cc(Cl)cc2-c2ccc3c(c2)SCC3NC(=O)O)n1.NC1CC1. The fourth-order valence-electron chi connectivity index (χ4n) is 3.16. The Labute approximate surface area is 187 Å². The third-order valence-electron chi connectivity index (χ3n) is 4.81. The molecule has 11 heteroatoms. The summed E-state index contributed by atoms with van der Waals surface area (Å²) in [4.78, 5) is 13.1. The molecule has 1 atom stereocenters. The van der Waals surface area contributed by atoms with Gasteiger partial charge in [0.2, 0.25) is 5.82 Å². The molecule has 0 spiro atoms. The molecule has 1 fully saturated rings. The van der Waals surface area contributed by atoms with Crippen LogP contribution in [0.25, 0.3) is 22.5 Å². The predicted octanol–water partition coefficient (Wildman–Crippen LogP) is 3.86. The van der Waals surface area contributed by atoms with Crippen LogP contribution in [0.2, 0.25) is 5.02 Å². The molecular weight excluding hydrogens is 443 g/mol. The molecule has 2 heterocycles. The number of tetrazole rings is 1. The number of hydrogen-bond donors (Lipinski definition) is 3. The van der Waals surface area contributed by atoms with Crippen LogP contribution < -0.4 is 11.1 Å². The first-order valence-electron chi connectivity index (χ1n) is 9.57. The molecule has 0 radical (unpaired) electrons. The Morgan fingerprint density at radius 2 is 2.10 bits per heavy atom. The van der Waals surface area contributed by atoms with Gasteiger partial charge in [0, 0.05) is 21.7 Å². The Morgan fingerprint density at radius 3 is 2.71 bits per heavy atom. The first-order valence-corrected chi connectivity index (χ1v) is 10.9. The van der Waals surface area contributed by atoms with E-state index in [4.69, 9.17) is 22.4 Å². The van der Waals surface area contributed by atoms with Crippen LogP contribution in [0.4, 0.5) is 9.18 Å². The summed E-state index contributed by atoms with van der Waals surface area (Å²) in [6, 6.07) is 8.74. The van der Waals surface area contributed by atoms with Crippen molar-refractivity contribution in [3.05, 3.63) is 46.7 Å². The van der Waals surface area contributed by atoms with E-state index in [-0.39, 0.29) is 22.5 Å². The maximum atomic E-state index is 14.7. The maximum Gasteiger partial charge on any atom is 0.405 e. The quantitative estimate of drug-likeness (QED) is 0.540. The standard InChI is InChI=1S/C17H13ClFN5O2S.C3H7N/c1-24-22-16(21-23-24)15-11(5-9(18)6-12(15)19)8-2-3-10-13(20-17(25)26)7-27-14(10)4-8;4-3-1-2-3/h2-6,13,20H,7H2,1H3,(H,25,26);3H,1-2,4H2. The molecule has 0 bridgehead atoms. The lowest BCUT2D eigenvalue weighted by molar-refractivity contribution is 0.191. The first-order chi connectivity index (χ1) is 14.8. The Bertz CT molecular complexity index is 1140. The topological polar surface area (TPSA) is 119 Å². The number of thioether (sulfide) groups is 1. The Hall–Kier alpha value is -2.69. The van der Waals surface area contributed by atoms with Gasteiger partial charge in [0.15, 0.2) is 0 Å². The number of aromatic nitrogens is 4. The minimum absolute atomic E-state index is 0.167. The van der Waals surface area contributed by atoms with Crippen LogP contribution in [0.3, 0.4) is 0 Å². The number of nitrogens with two attached hydrogens (primary N) is 1. The van der Waals surface area contributed by atoms with E-state index in [2.05, 4.69) is 20.7 Å². The zero-order chi connectivity index (χ0) is 22.1. The van der Waals surface area contributed by atoms with Gasteiger partial charge in [-0.3, -0.25) is 0 Å². The zero-order valence-electron chi connectivity index (χ0n) is 16.5. The summed E-state index contributed by atoms with van der Waals surface area (Å²) in [5.41, 5.74) is 7.62. The summed E-state index contributed by atoms with van der Waals surface area (Å²) in [5, 5.41) is 23.5. The number of nitrogens with zero attached hydrogens (tertiary/aromatic N) is 4. The average molecular weight is 463 g/mol. The number of benzene rings is 2. The number of hydrogen-bond acceptors (Lipinski definition) is 6. The van der Waals surface area contributed by atoms with Gasteiger partial charge in [-0.1, -0.05) is 23.7 Å². The molecule has 1 aromatic heterocycles. The predicted molar refractivity (Wildman–Crippen MR) is 116 cm³/mol. The van der Waals surface area contributed by atoms with Gasteiger partial charge in [0.05, 0.1) is 18.7 Å². The normalized spacial score (nSPS) is 17.0. The molecule has 1 unspecified atom stereocenters. The largest absolute Gasteiger partial charge is 0.465 e. The molecule has 1 amide bonds. The number of rotatable bonds is 3. The Morgan fingerprint density at radius 1 is 1.35 bits per heavy atom. The highest BCUT2D eigenvalue weighted by Crippen LogP contribution is 2.42. The Balaban J connectivity index is 0.000000520. The molecule has 1 aliphatic carbocycles. The first kappa shape index (κ1) is 21.5. The molecular formula is C20H20ClFN6O2S. The minimum Gasteiger partial charge on any atom is -0.465 e. The van der Waals surface area contributed by atoms with Gasteiger partial charge in [-0.15, -0.1) is 22.0 Å². The van der Waals surface area contributed by atoms with E-state index in [0.29, 0.717) is 17.4 Å². The molecule has 2 aliphatic rings. The fourth-order valence-corrected chi connectivity index (χ4v) is 4.56. The van der Waals surface area contributed by atoms with Crippen LogP contribution in [-0.4, -0.2) is 43.2 Å². The van der Waals surface area contributed by atoms with E-state index >= 15 is 0 Å². The van der Waals surface area contributed by atoms with Gasteiger partial charge in [-0.2, -0.15) is 4.80 Å². The summed E-state index contributed by atoms with van der Waals surface area (Å²) in [7, 11) is 1.60. The second kappa shape index (κ2) is 8.81. The van der Waals surface area contributed by atoms with E-state index in [0.717, 1.165) is 16.0 Å². The number of amides is 1. The molecule has 5 rings (SSSR count). The van der Waals surface area contributed by atoms with Crippen molar-refractivity contribution in [3.8, 4) is 22.5 Å². The molecule has 1 aliphatic heterocycles. The van der Waals surface area contributed by atoms with Crippen LogP contribution in [0, 0.1) is 5.82 Å². The number of carbonyl (C=O) groups is 1. The molecule has 31 heavy (non-hydrogen) atoms. The number of halogens is 2. The number of fused-ring (bicyclic) bond motifs is 1. The van der Waals surface area contributed by atoms with Gasteiger partial charge in [0.25, 0.3) is 0 Å². The highest BCUT2D eigenvalue weighted by molar-refractivity contribution is 7.99. The van der Waals surface area contributed by atoms with Crippen LogP contribution in [0.15, 0.2) is 35.2 Å². The summed E-state index contributed by atoms with van der Waals surface area (Å²) >= 11 is 7.62. The van der Waals surface area contributed by atoms with Crippen molar-refractivity contribution in [2.75, 3.05) is 5.75 Å². The van der Waals surface area contributed by atoms with Gasteiger partial charge in [-0.05, 0) is 52.9 Å². The van der Waals surface area contributed by atoms with Crippen molar-refractivity contribution in [2.45, 2.75) is 29.8 Å². The minimum atomic E-state index is -1.06. The molecule has 0 saturated heterocycles. The molecule has 1 saturated carbocycles. The van der Waals surface area contributed by atoms with E-state index in [9.17, 15) is 9.18 Å². The molecule has 3 aromatic rings. The molecule has 162 valence electrons. The summed E-state index contributed by atoms with van der Waals surface area (Å²) < 4.78 is 14.7. The summed E-state index contributed by atoms with van der Waals surface area (Å²) in [6.45, 7) is 0. The van der Waals surface area contributed by atoms with Crippen molar-refractivity contribution in [1.82, 2.24) is 25.5 Å². The van der Waals surface area contributed by atoms with Gasteiger partial charge >= 0.3 is 6.09 Å². The second-order valence-corrected chi connectivity index (χ2v) is 8.81. The fraction of sp³-hybridized carbons (Fsp3) is 0.300. The lowest BCUT2D eigenvalue weighted by Crippen LogP contribution is -2.26. The van der Waals surface area contributed by atoms with Gasteiger partial charge in [0.1, 0.15) is 5.82 Å². The third kappa shape index (κ3) is 4.97. The van der Waals surface area contributed by atoms with Crippen molar-refractivity contribution in [3.63, 3.8) is 0 Å². The monoisotopic (exact) mass is 462 g/mol. The summed E-state index contributed by atoms with van der Waals surface area (Å²) in [6.07, 6.45) is 1.46. The lowest BCUT2D eigenvalue weighted by atomic mass is 9.96. The van der Waals surface area contributed by atoms with Crippen molar-refractivity contribution in [2.24, 2.45) is 12.8 Å². The molecule has 8 nitrogen and oxygen atoms in total. The highest BCUT2D eigenvalue weighted by Gasteiger charge is 2.26. The van der Waals surface area contributed by atoms with E-state index < -0.39 is 11.9 Å². The van der Waals surface area contributed by atoms with Crippen molar-refractivity contribution >= 4 is 29.5 Å². The Kier molecular flexibility index (Phi) is 6.12. The second-order valence-electron chi connectivity index (χ2n) is 7.32. The van der Waals surface area contributed by atoms with Gasteiger partial charge in [-0.25, -0.2) is 9.18 Å². The van der Waals surface area contributed by atoms with Crippen LogP contribution in [0.1, 0.15) is 24.4 Å². The molecule has 4 N–H and O–H groups in total. The number of aryl methyl sites for hydroxylation is 1. The lowest BCUT2D eigenvalue weighted by Gasteiger charge is -2.13. The highest BCUT2D eigenvalue weighted by atomic mass is 35.5. The van der Waals surface area contributed by atoms with Gasteiger partial charge < -0.3 is 16.2 Å². The maximum absolute atomic E-state index is 14.7. The third-order valence-corrected chi connectivity index (χ3v) is 6.19. The van der Waals surface area contributed by atoms with E-state index in [1.54, 1.807) is 24.9 Å². The van der Waals surface area contributed by atoms with Crippen LogP contribution in [-0.2, 0) is 7.05 Å². The summed E-state index contributed by atoms with van der Waals surface area (Å²) in [5.74, 6) is 0.234. The van der Waals surface area contributed by atoms with Crippen LogP contribution >= 0.6 is 23.4 Å². The zero-order valence-corrected chi connectivity index (χ0v) is 18.1. The van der Waals surface area contributed by atoms with E-state index in [1.807, 2.05) is 18.2 Å². The van der Waals surface area contributed by atoms with Crippen molar-refractivity contribution < 1.29 is 14.3 Å². The van der Waals surface area contributed by atoms with Crippen molar-refractivity contribution in [1.29, 1.82) is 0 Å². The van der Waals surface area contributed by atoms with Crippen LogP contribution in [0.5, 0.6) is 0 Å².